The van der Waals surface area contributed by atoms with Crippen molar-refractivity contribution in [3.63, 3.8) is 0 Å². The Bertz CT molecular complexity index is 507. The van der Waals surface area contributed by atoms with Crippen LogP contribution >= 0.6 is 11.3 Å². The van der Waals surface area contributed by atoms with E-state index in [-0.39, 0.29) is 0 Å². The fourth-order valence-corrected chi connectivity index (χ4v) is 2.51. The Morgan fingerprint density at radius 3 is 2.89 bits per heavy atom. The third-order valence-electron chi connectivity index (χ3n) is 2.83. The molecule has 1 aromatic carbocycles. The van der Waals surface area contributed by atoms with Gasteiger partial charge in [0.2, 0.25) is 0 Å². The summed E-state index contributed by atoms with van der Waals surface area (Å²) >= 11 is 1.71. The van der Waals surface area contributed by atoms with Gasteiger partial charge in [-0.25, -0.2) is 4.98 Å². The lowest BCUT2D eigenvalue weighted by atomic mass is 10.1. The van der Waals surface area contributed by atoms with Crippen LogP contribution in [0.3, 0.4) is 0 Å². The molecule has 0 aliphatic rings. The average molecular weight is 261 g/mol. The molecule has 0 fully saturated rings. The second kappa shape index (κ2) is 5.98. The van der Waals surface area contributed by atoms with Crippen LogP contribution in [0.1, 0.15) is 16.3 Å². The van der Waals surface area contributed by atoms with Crippen LogP contribution in [0.2, 0.25) is 0 Å². The van der Waals surface area contributed by atoms with Gasteiger partial charge in [0.1, 0.15) is 0 Å². The number of thiazole rings is 1. The lowest BCUT2D eigenvalue weighted by Crippen LogP contribution is -2.20. The Kier molecular flexibility index (Phi) is 4.33. The lowest BCUT2D eigenvalue weighted by molar-refractivity contribution is 0.327. The Balaban J connectivity index is 1.83. The van der Waals surface area contributed by atoms with Crippen molar-refractivity contribution < 1.29 is 0 Å². The number of aryl methyl sites for hydroxylation is 1. The number of aromatic nitrogens is 1. The van der Waals surface area contributed by atoms with Crippen molar-refractivity contribution >= 4 is 17.0 Å². The number of benzene rings is 1. The molecule has 0 spiro atoms. The zero-order valence-corrected chi connectivity index (χ0v) is 11.7. The number of nitrogen functional groups attached to an aromatic ring is 1. The first-order chi connectivity index (χ1) is 8.63. The minimum atomic E-state index is 0.838. The van der Waals surface area contributed by atoms with Crippen LogP contribution in [-0.4, -0.2) is 23.5 Å². The third-order valence-corrected chi connectivity index (χ3v) is 3.65. The molecule has 0 radical (unpaired) electrons. The maximum absolute atomic E-state index is 5.77. The zero-order chi connectivity index (χ0) is 13.0. The number of anilines is 1. The minimum absolute atomic E-state index is 0.838. The predicted octanol–water partition coefficient (Wildman–Crippen LogP) is 2.71. The van der Waals surface area contributed by atoms with Gasteiger partial charge in [0.05, 0.1) is 10.7 Å². The van der Waals surface area contributed by atoms with Crippen LogP contribution in [0.15, 0.2) is 29.6 Å². The van der Waals surface area contributed by atoms with E-state index in [9.17, 15) is 0 Å². The highest BCUT2D eigenvalue weighted by atomic mass is 32.1. The van der Waals surface area contributed by atoms with Gasteiger partial charge in [0, 0.05) is 24.2 Å². The molecule has 2 N–H and O–H groups in total. The number of nitrogens with zero attached hydrogens (tertiary/aromatic N) is 2. The highest BCUT2D eigenvalue weighted by Crippen LogP contribution is 2.11. The first kappa shape index (κ1) is 13.1. The topological polar surface area (TPSA) is 42.2 Å². The molecule has 2 rings (SSSR count). The fraction of sp³-hybridized carbons (Fsp3) is 0.357. The first-order valence-corrected chi connectivity index (χ1v) is 6.95. The van der Waals surface area contributed by atoms with Gasteiger partial charge in [-0.05, 0) is 38.1 Å². The molecule has 0 bridgehead atoms. The van der Waals surface area contributed by atoms with Crippen molar-refractivity contribution in [1.29, 1.82) is 0 Å². The summed E-state index contributed by atoms with van der Waals surface area (Å²) in [5.41, 5.74) is 9.06. The van der Waals surface area contributed by atoms with Crippen LogP contribution < -0.4 is 5.73 Å². The third kappa shape index (κ3) is 3.82. The lowest BCUT2D eigenvalue weighted by Gasteiger charge is -2.15. The van der Waals surface area contributed by atoms with Crippen LogP contribution in [0.25, 0.3) is 0 Å². The SMILES string of the molecule is Cc1nc(CN(C)CCc2cccc(N)c2)cs1. The molecule has 18 heavy (non-hydrogen) atoms. The van der Waals surface area contributed by atoms with E-state index in [4.69, 9.17) is 5.73 Å². The van der Waals surface area contributed by atoms with Crippen LogP contribution in [0, 0.1) is 6.92 Å². The predicted molar refractivity (Wildman–Crippen MR) is 77.7 cm³/mol. The second-order valence-corrected chi connectivity index (χ2v) is 5.65. The molecular weight excluding hydrogens is 242 g/mol. The molecule has 0 unspecified atom stereocenters. The van der Waals surface area contributed by atoms with E-state index in [0.717, 1.165) is 35.9 Å². The average Bonchev–Trinajstić information content (AvgIpc) is 2.72. The van der Waals surface area contributed by atoms with E-state index in [1.807, 2.05) is 25.1 Å². The van der Waals surface area contributed by atoms with Crippen molar-refractivity contribution in [2.24, 2.45) is 0 Å². The van der Waals surface area contributed by atoms with Crippen molar-refractivity contribution in [3.05, 3.63) is 45.9 Å². The monoisotopic (exact) mass is 261 g/mol. The highest BCUT2D eigenvalue weighted by molar-refractivity contribution is 7.09. The normalized spacial score (nSPS) is 11.1. The molecule has 2 aromatic rings. The van der Waals surface area contributed by atoms with Gasteiger partial charge in [-0.3, -0.25) is 0 Å². The zero-order valence-electron chi connectivity index (χ0n) is 10.9. The summed E-state index contributed by atoms with van der Waals surface area (Å²) in [7, 11) is 2.13. The number of hydrogen-bond acceptors (Lipinski definition) is 4. The summed E-state index contributed by atoms with van der Waals surface area (Å²) in [6, 6.07) is 8.09. The fourth-order valence-electron chi connectivity index (χ4n) is 1.91. The van der Waals surface area contributed by atoms with E-state index < -0.39 is 0 Å². The van der Waals surface area contributed by atoms with Crippen molar-refractivity contribution in [3.8, 4) is 0 Å². The molecule has 0 aliphatic heterocycles. The number of rotatable bonds is 5. The Morgan fingerprint density at radius 1 is 1.39 bits per heavy atom. The molecular formula is C14H19N3S. The Labute approximate surface area is 112 Å². The van der Waals surface area contributed by atoms with E-state index >= 15 is 0 Å². The smallest absolute Gasteiger partial charge is 0.0897 e. The van der Waals surface area contributed by atoms with Gasteiger partial charge in [-0.1, -0.05) is 12.1 Å². The summed E-state index contributed by atoms with van der Waals surface area (Å²) in [5.74, 6) is 0. The van der Waals surface area contributed by atoms with Gasteiger partial charge >= 0.3 is 0 Å². The molecule has 0 saturated heterocycles. The molecule has 1 aromatic heterocycles. The second-order valence-electron chi connectivity index (χ2n) is 4.59. The van der Waals surface area contributed by atoms with Crippen molar-refractivity contribution in [1.82, 2.24) is 9.88 Å². The van der Waals surface area contributed by atoms with Crippen LogP contribution in [0.4, 0.5) is 5.69 Å². The minimum Gasteiger partial charge on any atom is -0.399 e. The van der Waals surface area contributed by atoms with Crippen LogP contribution in [-0.2, 0) is 13.0 Å². The highest BCUT2D eigenvalue weighted by Gasteiger charge is 2.04. The largest absolute Gasteiger partial charge is 0.399 e. The van der Waals surface area contributed by atoms with Gasteiger partial charge in [-0.2, -0.15) is 0 Å². The molecule has 0 aliphatic carbocycles. The van der Waals surface area contributed by atoms with Crippen molar-refractivity contribution in [2.45, 2.75) is 19.9 Å². The molecule has 3 nitrogen and oxygen atoms in total. The number of hydrogen-bond donors (Lipinski definition) is 1. The summed E-state index contributed by atoms with van der Waals surface area (Å²) < 4.78 is 0. The van der Waals surface area contributed by atoms with E-state index in [1.54, 1.807) is 11.3 Å². The number of likely N-dealkylation sites (N-methyl/N-ethyl adjacent to an activating group) is 1. The maximum Gasteiger partial charge on any atom is 0.0897 e. The van der Waals surface area contributed by atoms with Gasteiger partial charge in [-0.15, -0.1) is 11.3 Å². The molecule has 4 heteroatoms. The Hall–Kier alpha value is -1.39. The van der Waals surface area contributed by atoms with Gasteiger partial charge in [0.15, 0.2) is 0 Å². The van der Waals surface area contributed by atoms with E-state index in [1.165, 1.54) is 5.56 Å². The molecule has 0 atom stereocenters. The number of nitrogens with two attached hydrogens (primary N) is 1. The molecule has 1 heterocycles. The summed E-state index contributed by atoms with van der Waals surface area (Å²) in [5, 5.41) is 3.26. The molecule has 96 valence electrons. The van der Waals surface area contributed by atoms with Gasteiger partial charge < -0.3 is 10.6 Å². The Morgan fingerprint density at radius 2 is 2.22 bits per heavy atom. The summed E-state index contributed by atoms with van der Waals surface area (Å²) in [6.45, 7) is 3.97. The maximum atomic E-state index is 5.77. The standard InChI is InChI=1S/C14H19N3S/c1-11-16-14(10-18-11)9-17(2)7-6-12-4-3-5-13(15)8-12/h3-5,8,10H,6-7,9,15H2,1-2H3. The van der Waals surface area contributed by atoms with Crippen LogP contribution in [0.5, 0.6) is 0 Å². The summed E-state index contributed by atoms with van der Waals surface area (Å²) in [4.78, 5) is 6.77. The first-order valence-electron chi connectivity index (χ1n) is 6.07. The molecule has 0 saturated carbocycles. The van der Waals surface area contributed by atoms with E-state index in [0.29, 0.717) is 0 Å². The van der Waals surface area contributed by atoms with Gasteiger partial charge in [0.25, 0.3) is 0 Å². The molecule has 0 amide bonds. The van der Waals surface area contributed by atoms with Crippen molar-refractivity contribution in [2.75, 3.05) is 19.3 Å². The summed E-state index contributed by atoms with van der Waals surface area (Å²) in [6.07, 6.45) is 1.02. The van der Waals surface area contributed by atoms with E-state index in [2.05, 4.69) is 28.4 Å². The quantitative estimate of drug-likeness (QED) is 0.841.